The van der Waals surface area contributed by atoms with Crippen molar-refractivity contribution in [3.63, 3.8) is 0 Å². The van der Waals surface area contributed by atoms with Crippen LogP contribution >= 0.6 is 0 Å². The summed E-state index contributed by atoms with van der Waals surface area (Å²) >= 11 is 0. The molecule has 0 radical (unpaired) electrons. The molecule has 7 nitrogen and oxygen atoms in total. The summed E-state index contributed by atoms with van der Waals surface area (Å²) in [7, 11) is 3.43. The summed E-state index contributed by atoms with van der Waals surface area (Å²) < 4.78 is 22.7. The smallest absolute Gasteiger partial charge is 0.251 e. The van der Waals surface area contributed by atoms with E-state index in [0.717, 1.165) is 40.8 Å². The van der Waals surface area contributed by atoms with E-state index in [1.54, 1.807) is 30.0 Å². The second-order valence-electron chi connectivity index (χ2n) is 9.65. The predicted octanol–water partition coefficient (Wildman–Crippen LogP) is 4.75. The zero-order valence-corrected chi connectivity index (χ0v) is 21.2. The number of aryl methyl sites for hydroxylation is 2. The fourth-order valence-corrected chi connectivity index (χ4v) is 4.68. The number of amides is 1. The van der Waals surface area contributed by atoms with Gasteiger partial charge in [0.15, 0.2) is 0 Å². The summed E-state index contributed by atoms with van der Waals surface area (Å²) in [4.78, 5) is 18.1. The summed E-state index contributed by atoms with van der Waals surface area (Å²) in [5.74, 6) is 0.531. The van der Waals surface area contributed by atoms with Crippen molar-refractivity contribution in [2.75, 3.05) is 7.11 Å². The summed E-state index contributed by atoms with van der Waals surface area (Å²) in [6.45, 7) is 2.29. The van der Waals surface area contributed by atoms with Crippen LogP contribution in [0.1, 0.15) is 46.1 Å². The maximum Gasteiger partial charge on any atom is 0.251 e. The van der Waals surface area contributed by atoms with E-state index in [1.807, 2.05) is 55.2 Å². The van der Waals surface area contributed by atoms with Crippen LogP contribution in [0, 0.1) is 24.1 Å². The van der Waals surface area contributed by atoms with Crippen molar-refractivity contribution < 1.29 is 13.9 Å². The molecule has 2 N–H and O–H groups in total. The summed E-state index contributed by atoms with van der Waals surface area (Å²) in [5.41, 5.74) is 4.98. The monoisotopic (exact) mass is 499 g/mol. The number of hydrogen-bond donors (Lipinski definition) is 2. The van der Waals surface area contributed by atoms with Gasteiger partial charge in [0.1, 0.15) is 11.6 Å². The zero-order chi connectivity index (χ0) is 26.1. The van der Waals surface area contributed by atoms with Crippen molar-refractivity contribution in [2.45, 2.75) is 32.4 Å². The van der Waals surface area contributed by atoms with E-state index in [4.69, 9.17) is 10.1 Å². The molecule has 2 heterocycles. The van der Waals surface area contributed by atoms with Crippen molar-refractivity contribution >= 4 is 5.91 Å². The van der Waals surface area contributed by atoms with Crippen LogP contribution in [0.3, 0.4) is 0 Å². The molecule has 2 aromatic carbocycles. The average Bonchev–Trinajstić information content (AvgIpc) is 3.69. The number of halogens is 1. The standard InChI is InChI=1S/C29H30FN5O2/c1-18-12-23(30)6-7-25(18)21-13-19(17-35-11-10-34(2)29(35)31)14-22(15-21)28(36)33-27(20-4-5-20)26-16-24(37-3)8-9-32-26/h6-16,20,27,31H,4-5,17H2,1-3H3,(H,33,36). The van der Waals surface area contributed by atoms with Gasteiger partial charge in [-0.25, -0.2) is 4.39 Å². The molecule has 0 aliphatic heterocycles. The lowest BCUT2D eigenvalue weighted by Gasteiger charge is -2.19. The van der Waals surface area contributed by atoms with Crippen molar-refractivity contribution in [3.8, 4) is 16.9 Å². The molecule has 37 heavy (non-hydrogen) atoms. The summed E-state index contributed by atoms with van der Waals surface area (Å²) in [6, 6.07) is 13.8. The van der Waals surface area contributed by atoms with Crippen molar-refractivity contribution in [2.24, 2.45) is 13.0 Å². The van der Waals surface area contributed by atoms with Crippen LogP contribution in [0.4, 0.5) is 4.39 Å². The van der Waals surface area contributed by atoms with Gasteiger partial charge in [0.05, 0.1) is 25.4 Å². The Labute approximate surface area is 215 Å². The molecule has 0 bridgehead atoms. The zero-order valence-electron chi connectivity index (χ0n) is 21.2. The summed E-state index contributed by atoms with van der Waals surface area (Å²) in [5, 5.41) is 11.5. The maximum absolute atomic E-state index is 13.8. The Bertz CT molecular complexity index is 1520. The molecule has 8 heteroatoms. The highest BCUT2D eigenvalue weighted by atomic mass is 19.1. The Morgan fingerprint density at radius 2 is 2.00 bits per heavy atom. The molecular weight excluding hydrogens is 469 g/mol. The first-order valence-corrected chi connectivity index (χ1v) is 12.3. The van der Waals surface area contributed by atoms with Crippen LogP contribution in [0.15, 0.2) is 67.1 Å². The lowest BCUT2D eigenvalue weighted by atomic mass is 9.95. The van der Waals surface area contributed by atoms with E-state index in [1.165, 1.54) is 12.1 Å². The van der Waals surface area contributed by atoms with Gasteiger partial charge in [0.25, 0.3) is 5.91 Å². The van der Waals surface area contributed by atoms with Crippen LogP contribution < -0.4 is 15.7 Å². The van der Waals surface area contributed by atoms with Crippen LogP contribution in [0.25, 0.3) is 11.1 Å². The first-order chi connectivity index (χ1) is 17.8. The van der Waals surface area contributed by atoms with Gasteiger partial charge in [-0.15, -0.1) is 0 Å². The molecule has 2 aromatic heterocycles. The van der Waals surface area contributed by atoms with Gasteiger partial charge in [-0.1, -0.05) is 6.07 Å². The maximum atomic E-state index is 13.8. The fraction of sp³-hybridized carbons (Fsp3) is 0.276. The third-order valence-electron chi connectivity index (χ3n) is 6.87. The largest absolute Gasteiger partial charge is 0.497 e. The summed E-state index contributed by atoms with van der Waals surface area (Å²) in [6.07, 6.45) is 7.42. The predicted molar refractivity (Wildman–Crippen MR) is 139 cm³/mol. The molecule has 0 saturated heterocycles. The van der Waals surface area contributed by atoms with Gasteiger partial charge in [-0.05, 0) is 84.3 Å². The number of carbonyl (C=O) groups is 1. The van der Waals surface area contributed by atoms with E-state index >= 15 is 0 Å². The number of pyridine rings is 1. The molecule has 1 aliphatic rings. The number of aromatic nitrogens is 3. The fourth-order valence-electron chi connectivity index (χ4n) is 4.68. The molecule has 1 atom stereocenters. The second-order valence-corrected chi connectivity index (χ2v) is 9.65. The molecule has 0 spiro atoms. The van der Waals surface area contributed by atoms with Crippen LogP contribution in [-0.4, -0.2) is 27.1 Å². The molecule has 5 rings (SSSR count). The Balaban J connectivity index is 1.52. The van der Waals surface area contributed by atoms with E-state index in [2.05, 4.69) is 10.3 Å². The van der Waals surface area contributed by atoms with Crippen molar-refractivity contribution in [1.29, 1.82) is 5.41 Å². The first-order valence-electron chi connectivity index (χ1n) is 12.3. The molecule has 1 aliphatic carbocycles. The number of rotatable bonds is 8. The minimum Gasteiger partial charge on any atom is -0.497 e. The lowest BCUT2D eigenvalue weighted by Crippen LogP contribution is -2.30. The highest BCUT2D eigenvalue weighted by Gasteiger charge is 2.35. The van der Waals surface area contributed by atoms with E-state index in [-0.39, 0.29) is 17.8 Å². The van der Waals surface area contributed by atoms with Crippen molar-refractivity contribution in [3.05, 3.63) is 101 Å². The second kappa shape index (κ2) is 10.0. The molecule has 1 saturated carbocycles. The lowest BCUT2D eigenvalue weighted by molar-refractivity contribution is 0.0930. The number of methoxy groups -OCH3 is 1. The quantitative estimate of drug-likeness (QED) is 0.367. The average molecular weight is 500 g/mol. The Hall–Kier alpha value is -4.20. The highest BCUT2D eigenvalue weighted by Crippen LogP contribution is 2.41. The normalized spacial score (nSPS) is 13.8. The number of carbonyl (C=O) groups excluding carboxylic acids is 1. The van der Waals surface area contributed by atoms with Crippen LogP contribution in [-0.2, 0) is 13.6 Å². The van der Waals surface area contributed by atoms with E-state index in [9.17, 15) is 9.18 Å². The number of nitrogens with one attached hydrogen (secondary N) is 2. The van der Waals surface area contributed by atoms with Gasteiger partial charge in [-0.3, -0.25) is 15.2 Å². The number of imidazole rings is 1. The van der Waals surface area contributed by atoms with Gasteiger partial charge < -0.3 is 19.2 Å². The third kappa shape index (κ3) is 5.33. The Morgan fingerprint density at radius 1 is 1.19 bits per heavy atom. The van der Waals surface area contributed by atoms with Crippen molar-refractivity contribution in [1.82, 2.24) is 19.4 Å². The van der Waals surface area contributed by atoms with E-state index < -0.39 is 0 Å². The minimum absolute atomic E-state index is 0.200. The topological polar surface area (TPSA) is 84.9 Å². The Kier molecular flexibility index (Phi) is 6.65. The molecular formula is C29H30FN5O2. The number of nitrogens with zero attached hydrogens (tertiary/aromatic N) is 3. The van der Waals surface area contributed by atoms with Crippen LogP contribution in [0.2, 0.25) is 0 Å². The highest BCUT2D eigenvalue weighted by molar-refractivity contribution is 5.96. The SMILES string of the molecule is COc1ccnc(C(NC(=O)c2cc(Cn3ccn(C)c3=N)cc(-c3ccc(F)cc3C)c2)C2CC2)c1. The number of hydrogen-bond acceptors (Lipinski definition) is 4. The molecule has 1 unspecified atom stereocenters. The minimum atomic E-state index is -0.299. The molecule has 4 aromatic rings. The molecule has 1 amide bonds. The van der Waals surface area contributed by atoms with Gasteiger partial charge >= 0.3 is 0 Å². The van der Waals surface area contributed by atoms with Gasteiger partial charge in [-0.2, -0.15) is 0 Å². The number of ether oxygens (including phenoxy) is 1. The third-order valence-corrected chi connectivity index (χ3v) is 6.87. The Morgan fingerprint density at radius 3 is 2.68 bits per heavy atom. The van der Waals surface area contributed by atoms with Gasteiger partial charge in [0, 0.05) is 37.3 Å². The molecule has 1 fully saturated rings. The first kappa shape index (κ1) is 24.5. The van der Waals surface area contributed by atoms with Crippen LogP contribution in [0.5, 0.6) is 5.75 Å². The van der Waals surface area contributed by atoms with Gasteiger partial charge in [0.2, 0.25) is 5.62 Å². The molecule has 190 valence electrons. The van der Waals surface area contributed by atoms with E-state index in [0.29, 0.717) is 29.4 Å². The number of benzene rings is 2.